The topological polar surface area (TPSA) is 71.4 Å². The van der Waals surface area contributed by atoms with Crippen molar-refractivity contribution in [1.82, 2.24) is 29.8 Å². The Morgan fingerprint density at radius 3 is 3.21 bits per heavy atom. The van der Waals surface area contributed by atoms with Gasteiger partial charge in [-0.05, 0) is 12.1 Å². The summed E-state index contributed by atoms with van der Waals surface area (Å²) < 4.78 is 2.11. The number of hydrogen-bond donors (Lipinski definition) is 2. The van der Waals surface area contributed by atoms with E-state index in [1.165, 1.54) is 5.69 Å². The Hall–Kier alpha value is -2.21. The van der Waals surface area contributed by atoms with Crippen LogP contribution in [0.5, 0.6) is 0 Å². The van der Waals surface area contributed by atoms with Gasteiger partial charge in [0.25, 0.3) is 0 Å². The molecule has 0 amide bonds. The SMILES string of the molecule is Cn1c(C2Cc3nc[nH]c3CN2)nc2ncccc21. The minimum absolute atomic E-state index is 0.190. The minimum atomic E-state index is 0.190. The minimum Gasteiger partial charge on any atom is -0.347 e. The third-order valence-electron chi connectivity index (χ3n) is 3.73. The Kier molecular flexibility index (Phi) is 2.19. The number of hydrogen-bond acceptors (Lipinski definition) is 4. The van der Waals surface area contributed by atoms with Gasteiger partial charge in [0, 0.05) is 26.2 Å². The molecular formula is C13H14N6. The van der Waals surface area contributed by atoms with Gasteiger partial charge in [-0.15, -0.1) is 0 Å². The van der Waals surface area contributed by atoms with Crippen LogP contribution < -0.4 is 5.32 Å². The molecule has 0 spiro atoms. The lowest BCUT2D eigenvalue weighted by molar-refractivity contribution is 0.459. The molecule has 0 fully saturated rings. The second-order valence-corrected chi connectivity index (χ2v) is 4.84. The second kappa shape index (κ2) is 3.89. The first-order valence-electron chi connectivity index (χ1n) is 6.35. The molecule has 1 unspecified atom stereocenters. The number of aromatic nitrogens is 5. The average Bonchev–Trinajstić information content (AvgIpc) is 3.03. The molecule has 0 bridgehead atoms. The number of rotatable bonds is 1. The summed E-state index contributed by atoms with van der Waals surface area (Å²) in [5, 5.41) is 3.50. The number of pyridine rings is 1. The van der Waals surface area contributed by atoms with Crippen molar-refractivity contribution in [1.29, 1.82) is 0 Å². The summed E-state index contributed by atoms with van der Waals surface area (Å²) in [5.74, 6) is 1.02. The van der Waals surface area contributed by atoms with Gasteiger partial charge in [-0.25, -0.2) is 15.0 Å². The molecule has 1 aliphatic heterocycles. The van der Waals surface area contributed by atoms with Crippen LogP contribution in [0, 0.1) is 0 Å². The quantitative estimate of drug-likeness (QED) is 0.681. The Labute approximate surface area is 109 Å². The van der Waals surface area contributed by atoms with E-state index in [0.29, 0.717) is 0 Å². The summed E-state index contributed by atoms with van der Waals surface area (Å²) >= 11 is 0. The molecule has 6 heteroatoms. The van der Waals surface area contributed by atoms with Gasteiger partial charge >= 0.3 is 0 Å². The van der Waals surface area contributed by atoms with Gasteiger partial charge < -0.3 is 14.9 Å². The Balaban J connectivity index is 1.77. The number of imidazole rings is 2. The van der Waals surface area contributed by atoms with Crippen LogP contribution in [0.15, 0.2) is 24.7 Å². The molecule has 0 aromatic carbocycles. The maximum absolute atomic E-state index is 4.64. The molecule has 3 aromatic rings. The van der Waals surface area contributed by atoms with Gasteiger partial charge in [0.1, 0.15) is 5.82 Å². The summed E-state index contributed by atoms with van der Waals surface area (Å²) in [6.45, 7) is 0.802. The van der Waals surface area contributed by atoms with Crippen LogP contribution in [0.2, 0.25) is 0 Å². The van der Waals surface area contributed by atoms with Crippen molar-refractivity contribution in [2.75, 3.05) is 0 Å². The van der Waals surface area contributed by atoms with Crippen molar-refractivity contribution < 1.29 is 0 Å². The largest absolute Gasteiger partial charge is 0.347 e. The molecule has 0 saturated carbocycles. The highest BCUT2D eigenvalue weighted by Gasteiger charge is 2.25. The first-order valence-corrected chi connectivity index (χ1v) is 6.35. The number of aryl methyl sites for hydroxylation is 1. The van der Waals surface area contributed by atoms with E-state index in [1.54, 1.807) is 12.5 Å². The van der Waals surface area contributed by atoms with Gasteiger partial charge in [0.15, 0.2) is 5.65 Å². The van der Waals surface area contributed by atoms with E-state index in [-0.39, 0.29) is 6.04 Å². The van der Waals surface area contributed by atoms with Crippen LogP contribution >= 0.6 is 0 Å². The van der Waals surface area contributed by atoms with Gasteiger partial charge in [0.05, 0.1) is 29.3 Å². The molecular weight excluding hydrogens is 240 g/mol. The van der Waals surface area contributed by atoms with E-state index in [1.807, 2.05) is 19.2 Å². The molecule has 2 N–H and O–H groups in total. The van der Waals surface area contributed by atoms with Crippen molar-refractivity contribution in [3.63, 3.8) is 0 Å². The zero-order valence-electron chi connectivity index (χ0n) is 10.6. The highest BCUT2D eigenvalue weighted by atomic mass is 15.1. The molecule has 1 atom stereocenters. The van der Waals surface area contributed by atoms with E-state index < -0.39 is 0 Å². The molecule has 3 aromatic heterocycles. The summed E-state index contributed by atoms with van der Waals surface area (Å²) in [6, 6.07) is 4.17. The summed E-state index contributed by atoms with van der Waals surface area (Å²) in [4.78, 5) is 16.5. The van der Waals surface area contributed by atoms with E-state index in [9.17, 15) is 0 Å². The van der Waals surface area contributed by atoms with Gasteiger partial charge in [-0.1, -0.05) is 0 Å². The average molecular weight is 254 g/mol. The van der Waals surface area contributed by atoms with Crippen molar-refractivity contribution in [3.8, 4) is 0 Å². The predicted molar refractivity (Wildman–Crippen MR) is 70.4 cm³/mol. The third kappa shape index (κ3) is 1.57. The molecule has 0 radical (unpaired) electrons. The fraction of sp³-hybridized carbons (Fsp3) is 0.308. The van der Waals surface area contributed by atoms with Gasteiger partial charge in [-0.3, -0.25) is 0 Å². The zero-order valence-corrected chi connectivity index (χ0v) is 10.6. The van der Waals surface area contributed by atoms with Crippen molar-refractivity contribution >= 4 is 11.2 Å². The highest BCUT2D eigenvalue weighted by molar-refractivity contribution is 5.71. The predicted octanol–water partition coefficient (Wildman–Crippen LogP) is 1.08. The van der Waals surface area contributed by atoms with Crippen molar-refractivity contribution in [3.05, 3.63) is 41.9 Å². The Morgan fingerprint density at radius 2 is 2.32 bits per heavy atom. The molecule has 1 aliphatic rings. The highest BCUT2D eigenvalue weighted by Crippen LogP contribution is 2.25. The van der Waals surface area contributed by atoms with Gasteiger partial charge in [0.2, 0.25) is 0 Å². The van der Waals surface area contributed by atoms with E-state index in [4.69, 9.17) is 0 Å². The molecule has 0 saturated heterocycles. The van der Waals surface area contributed by atoms with Crippen molar-refractivity contribution in [2.24, 2.45) is 7.05 Å². The first kappa shape index (κ1) is 10.7. The van der Waals surface area contributed by atoms with Gasteiger partial charge in [-0.2, -0.15) is 0 Å². The second-order valence-electron chi connectivity index (χ2n) is 4.84. The van der Waals surface area contributed by atoms with Crippen LogP contribution in [-0.4, -0.2) is 24.5 Å². The lowest BCUT2D eigenvalue weighted by Crippen LogP contribution is -2.30. The normalized spacial score (nSPS) is 18.7. The summed E-state index contributed by atoms with van der Waals surface area (Å²) in [5.41, 5.74) is 4.17. The summed E-state index contributed by atoms with van der Waals surface area (Å²) in [7, 11) is 2.04. The number of aromatic amines is 1. The number of H-pyrrole nitrogens is 1. The number of fused-ring (bicyclic) bond motifs is 2. The molecule has 6 nitrogen and oxygen atoms in total. The van der Waals surface area contributed by atoms with E-state index in [2.05, 4.69) is 29.8 Å². The monoisotopic (exact) mass is 254 g/mol. The molecule has 4 heterocycles. The van der Waals surface area contributed by atoms with Crippen LogP contribution in [0.25, 0.3) is 11.2 Å². The van der Waals surface area contributed by atoms with Crippen LogP contribution in [-0.2, 0) is 20.0 Å². The smallest absolute Gasteiger partial charge is 0.177 e. The van der Waals surface area contributed by atoms with Crippen molar-refractivity contribution in [2.45, 2.75) is 19.0 Å². The maximum atomic E-state index is 4.64. The number of nitrogens with zero attached hydrogens (tertiary/aromatic N) is 4. The Bertz CT molecular complexity index is 741. The molecule has 19 heavy (non-hydrogen) atoms. The zero-order chi connectivity index (χ0) is 12.8. The number of nitrogens with one attached hydrogen (secondary N) is 2. The van der Waals surface area contributed by atoms with Crippen LogP contribution in [0.4, 0.5) is 0 Å². The molecule has 0 aliphatic carbocycles. The van der Waals surface area contributed by atoms with Crippen LogP contribution in [0.1, 0.15) is 23.3 Å². The maximum Gasteiger partial charge on any atom is 0.177 e. The first-order chi connectivity index (χ1) is 9.33. The summed E-state index contributed by atoms with van der Waals surface area (Å²) in [6.07, 6.45) is 4.39. The standard InChI is InChI=1S/C13H14N6/c1-19-11-3-2-4-14-12(11)18-13(19)9-5-8-10(6-15-9)17-7-16-8/h2-4,7,9,15H,5-6H2,1H3,(H,16,17). The van der Waals surface area contributed by atoms with Crippen LogP contribution in [0.3, 0.4) is 0 Å². The lowest BCUT2D eigenvalue weighted by Gasteiger charge is -2.22. The molecule has 4 rings (SSSR count). The van der Waals surface area contributed by atoms with E-state index >= 15 is 0 Å². The lowest BCUT2D eigenvalue weighted by atomic mass is 10.1. The fourth-order valence-electron chi connectivity index (χ4n) is 2.71. The van der Waals surface area contributed by atoms with E-state index in [0.717, 1.165) is 35.6 Å². The third-order valence-corrected chi connectivity index (χ3v) is 3.73. The Morgan fingerprint density at radius 1 is 1.37 bits per heavy atom. The molecule has 96 valence electrons. The fourth-order valence-corrected chi connectivity index (χ4v) is 2.71.